The van der Waals surface area contributed by atoms with Gasteiger partial charge in [0, 0.05) is 12.7 Å². The van der Waals surface area contributed by atoms with E-state index in [9.17, 15) is 4.79 Å². The Morgan fingerprint density at radius 3 is 2.83 bits per heavy atom. The van der Waals surface area contributed by atoms with Gasteiger partial charge < -0.3 is 9.47 Å². The van der Waals surface area contributed by atoms with Gasteiger partial charge in [0.1, 0.15) is 17.9 Å². The number of carbonyl (C=O) groups excluding carboxylic acids is 1. The van der Waals surface area contributed by atoms with Crippen molar-refractivity contribution in [2.24, 2.45) is 0 Å². The number of para-hydroxylation sites is 1. The van der Waals surface area contributed by atoms with Gasteiger partial charge in [-0.3, -0.25) is 4.79 Å². The fraction of sp³-hybridized carbons (Fsp3) is 0.188. The van der Waals surface area contributed by atoms with Gasteiger partial charge in [-0.15, -0.1) is 5.10 Å². The Labute approximate surface area is 141 Å². The van der Waals surface area contributed by atoms with Crippen LogP contribution in [0.1, 0.15) is 10.4 Å². The Kier molecular flexibility index (Phi) is 4.68. The van der Waals surface area contributed by atoms with Crippen molar-refractivity contribution in [1.82, 2.24) is 15.0 Å². The third-order valence-electron chi connectivity index (χ3n) is 3.27. The molecule has 7 heteroatoms. The smallest absolute Gasteiger partial charge is 0.280 e. The highest BCUT2D eigenvalue weighted by Gasteiger charge is 2.15. The summed E-state index contributed by atoms with van der Waals surface area (Å²) in [4.78, 5) is 12.6. The molecule has 2 aromatic carbocycles. The average Bonchev–Trinajstić information content (AvgIpc) is 3.00. The van der Waals surface area contributed by atoms with Crippen LogP contribution in [0.2, 0.25) is 0 Å². The van der Waals surface area contributed by atoms with Crippen molar-refractivity contribution in [2.75, 3.05) is 20.3 Å². The molecule has 0 aliphatic rings. The van der Waals surface area contributed by atoms with E-state index in [1.54, 1.807) is 25.3 Å². The van der Waals surface area contributed by atoms with E-state index in [1.165, 1.54) is 4.68 Å². The van der Waals surface area contributed by atoms with Crippen molar-refractivity contribution in [3.63, 3.8) is 0 Å². The van der Waals surface area contributed by atoms with Crippen LogP contribution in [-0.2, 0) is 4.74 Å². The summed E-state index contributed by atoms with van der Waals surface area (Å²) in [6.07, 6.45) is 0. The summed E-state index contributed by atoms with van der Waals surface area (Å²) in [6, 6.07) is 12.5. The molecule has 3 rings (SSSR count). The third kappa shape index (κ3) is 3.25. The Balaban J connectivity index is 1.86. The van der Waals surface area contributed by atoms with E-state index in [0.717, 1.165) is 0 Å². The highest BCUT2D eigenvalue weighted by atomic mass is 79.9. The van der Waals surface area contributed by atoms with Crippen molar-refractivity contribution in [1.29, 1.82) is 0 Å². The molecule has 118 valence electrons. The SMILES string of the molecule is COCCOc1ccc(C(=O)n2nnc3ccccc32)cc1Br. The zero-order valence-electron chi connectivity index (χ0n) is 12.4. The van der Waals surface area contributed by atoms with Crippen LogP contribution in [0.25, 0.3) is 11.0 Å². The highest BCUT2D eigenvalue weighted by Crippen LogP contribution is 2.26. The maximum Gasteiger partial charge on any atom is 0.280 e. The summed E-state index contributed by atoms with van der Waals surface area (Å²) in [5.41, 5.74) is 1.85. The van der Waals surface area contributed by atoms with Crippen molar-refractivity contribution >= 4 is 32.9 Å². The topological polar surface area (TPSA) is 66.2 Å². The molecule has 0 bridgehead atoms. The minimum absolute atomic E-state index is 0.247. The van der Waals surface area contributed by atoms with Crippen LogP contribution in [0.15, 0.2) is 46.9 Å². The first-order valence-corrected chi connectivity index (χ1v) is 7.76. The van der Waals surface area contributed by atoms with Gasteiger partial charge >= 0.3 is 0 Å². The number of benzene rings is 2. The first kappa shape index (κ1) is 15.6. The number of aromatic nitrogens is 3. The number of nitrogens with zero attached hydrogens (tertiary/aromatic N) is 3. The summed E-state index contributed by atoms with van der Waals surface area (Å²) in [6.45, 7) is 0.939. The van der Waals surface area contributed by atoms with E-state index in [2.05, 4.69) is 26.2 Å². The van der Waals surface area contributed by atoms with Gasteiger partial charge in [-0.2, -0.15) is 4.68 Å². The Hall–Kier alpha value is -2.25. The third-order valence-corrected chi connectivity index (χ3v) is 3.89. The van der Waals surface area contributed by atoms with Crippen molar-refractivity contribution in [3.8, 4) is 5.75 Å². The lowest BCUT2D eigenvalue weighted by molar-refractivity contribution is 0.0948. The summed E-state index contributed by atoms with van der Waals surface area (Å²) in [5, 5.41) is 7.94. The molecule has 0 saturated carbocycles. The number of methoxy groups -OCH3 is 1. The largest absolute Gasteiger partial charge is 0.490 e. The van der Waals surface area contributed by atoms with Crippen LogP contribution in [0.5, 0.6) is 5.75 Å². The molecule has 0 saturated heterocycles. The van der Waals surface area contributed by atoms with Crippen molar-refractivity contribution < 1.29 is 14.3 Å². The number of ether oxygens (including phenoxy) is 2. The summed E-state index contributed by atoms with van der Waals surface area (Å²) in [5.74, 6) is 0.407. The number of hydrogen-bond donors (Lipinski definition) is 0. The van der Waals surface area contributed by atoms with Crippen LogP contribution in [0.4, 0.5) is 0 Å². The van der Waals surface area contributed by atoms with Crippen LogP contribution in [0.3, 0.4) is 0 Å². The van der Waals surface area contributed by atoms with Gasteiger partial charge in [0.15, 0.2) is 0 Å². The van der Waals surface area contributed by atoms with E-state index < -0.39 is 0 Å². The quantitative estimate of drug-likeness (QED) is 0.641. The molecule has 0 unspecified atom stereocenters. The van der Waals surface area contributed by atoms with Crippen LogP contribution in [0, 0.1) is 0 Å². The zero-order valence-corrected chi connectivity index (χ0v) is 14.0. The number of hydrogen-bond acceptors (Lipinski definition) is 5. The standard InChI is InChI=1S/C16H14BrN3O3/c1-22-8-9-23-15-7-6-11(10-12(15)17)16(21)20-14-5-3-2-4-13(14)18-19-20/h2-7,10H,8-9H2,1H3. The first-order valence-electron chi connectivity index (χ1n) is 6.97. The van der Waals surface area contributed by atoms with Crippen LogP contribution < -0.4 is 4.74 Å². The minimum atomic E-state index is -0.247. The second-order valence-corrected chi connectivity index (χ2v) is 5.64. The molecule has 0 spiro atoms. The maximum atomic E-state index is 12.6. The van der Waals surface area contributed by atoms with E-state index in [1.807, 2.05) is 24.3 Å². The molecule has 0 fully saturated rings. The van der Waals surface area contributed by atoms with Gasteiger partial charge in [0.2, 0.25) is 0 Å². The molecule has 0 N–H and O–H groups in total. The van der Waals surface area contributed by atoms with Gasteiger partial charge in [-0.05, 0) is 46.3 Å². The summed E-state index contributed by atoms with van der Waals surface area (Å²) >= 11 is 3.42. The summed E-state index contributed by atoms with van der Waals surface area (Å²) < 4.78 is 12.5. The second-order valence-electron chi connectivity index (χ2n) is 4.78. The van der Waals surface area contributed by atoms with E-state index >= 15 is 0 Å². The van der Waals surface area contributed by atoms with Gasteiger partial charge in [-0.1, -0.05) is 17.3 Å². The molecule has 1 aromatic heterocycles. The van der Waals surface area contributed by atoms with E-state index in [0.29, 0.717) is 40.0 Å². The molecule has 1 heterocycles. The molecule has 0 amide bonds. The predicted octanol–water partition coefficient (Wildman–Crippen LogP) is 2.91. The summed E-state index contributed by atoms with van der Waals surface area (Å²) in [7, 11) is 1.61. The van der Waals surface area contributed by atoms with Crippen molar-refractivity contribution in [3.05, 3.63) is 52.5 Å². The first-order chi connectivity index (χ1) is 11.2. The minimum Gasteiger partial charge on any atom is -0.490 e. The molecule has 0 aliphatic carbocycles. The maximum absolute atomic E-state index is 12.6. The van der Waals surface area contributed by atoms with Crippen LogP contribution >= 0.6 is 15.9 Å². The lowest BCUT2D eigenvalue weighted by Crippen LogP contribution is -2.14. The zero-order chi connectivity index (χ0) is 16.2. The number of halogens is 1. The number of carbonyl (C=O) groups is 1. The fourth-order valence-corrected chi connectivity index (χ4v) is 2.62. The second kappa shape index (κ2) is 6.89. The Bertz CT molecular complexity index is 847. The molecule has 23 heavy (non-hydrogen) atoms. The lowest BCUT2D eigenvalue weighted by Gasteiger charge is -2.09. The Morgan fingerprint density at radius 1 is 1.22 bits per heavy atom. The molecule has 0 aliphatic heterocycles. The lowest BCUT2D eigenvalue weighted by atomic mass is 10.2. The van der Waals surface area contributed by atoms with Crippen LogP contribution in [-0.4, -0.2) is 41.2 Å². The predicted molar refractivity (Wildman–Crippen MR) is 88.8 cm³/mol. The van der Waals surface area contributed by atoms with Gasteiger partial charge in [0.25, 0.3) is 5.91 Å². The van der Waals surface area contributed by atoms with Gasteiger partial charge in [-0.25, -0.2) is 0 Å². The number of fused-ring (bicyclic) bond motifs is 1. The number of rotatable bonds is 5. The molecular weight excluding hydrogens is 362 g/mol. The molecule has 3 aromatic rings. The molecule has 0 radical (unpaired) electrons. The van der Waals surface area contributed by atoms with Crippen molar-refractivity contribution in [2.45, 2.75) is 0 Å². The molecule has 6 nitrogen and oxygen atoms in total. The molecular formula is C16H14BrN3O3. The van der Waals surface area contributed by atoms with E-state index in [4.69, 9.17) is 9.47 Å². The van der Waals surface area contributed by atoms with Gasteiger partial charge in [0.05, 0.1) is 16.6 Å². The van der Waals surface area contributed by atoms with E-state index in [-0.39, 0.29) is 5.91 Å². The Morgan fingerprint density at radius 2 is 2.04 bits per heavy atom. The molecule has 0 atom stereocenters. The monoisotopic (exact) mass is 375 g/mol. The fourth-order valence-electron chi connectivity index (χ4n) is 2.13. The highest BCUT2D eigenvalue weighted by molar-refractivity contribution is 9.10. The average molecular weight is 376 g/mol. The normalized spacial score (nSPS) is 10.9.